The van der Waals surface area contributed by atoms with Crippen LogP contribution in [0, 0.1) is 11.8 Å². The highest BCUT2D eigenvalue weighted by molar-refractivity contribution is 6.13. The smallest absolute Gasteiger partial charge is 0.312 e. The fourth-order valence-corrected chi connectivity index (χ4v) is 4.77. The lowest BCUT2D eigenvalue weighted by atomic mass is 10.0. The van der Waals surface area contributed by atoms with Gasteiger partial charge in [0.2, 0.25) is 23.6 Å². The number of hydrogen-bond donors (Lipinski definition) is 6. The molecular weight excluding hydrogens is 706 g/mol. The third-order valence-corrected chi connectivity index (χ3v) is 7.82. The molecule has 1 aromatic rings. The Bertz CT molecular complexity index is 1460. The Morgan fingerprint density at radius 3 is 2.02 bits per heavy atom. The maximum Gasteiger partial charge on any atom is 0.312 e. The van der Waals surface area contributed by atoms with Gasteiger partial charge in [-0.15, -0.1) is 0 Å². The Balaban J connectivity index is 1.76. The zero-order valence-corrected chi connectivity index (χ0v) is 31.3. The molecule has 1 heterocycles. The molecular formula is C36H53N7O11. The number of amides is 8. The third-order valence-electron chi connectivity index (χ3n) is 7.82. The van der Waals surface area contributed by atoms with Crippen LogP contribution in [-0.4, -0.2) is 110 Å². The first-order chi connectivity index (χ1) is 25.7. The van der Waals surface area contributed by atoms with Crippen LogP contribution >= 0.6 is 0 Å². The van der Waals surface area contributed by atoms with Crippen molar-refractivity contribution in [3.05, 3.63) is 42.0 Å². The highest BCUT2D eigenvalue weighted by Gasteiger charge is 2.29. The van der Waals surface area contributed by atoms with E-state index in [9.17, 15) is 38.4 Å². The van der Waals surface area contributed by atoms with Gasteiger partial charge in [-0.3, -0.25) is 38.5 Å². The molecule has 2 atom stereocenters. The van der Waals surface area contributed by atoms with E-state index >= 15 is 0 Å². The molecule has 54 heavy (non-hydrogen) atoms. The van der Waals surface area contributed by atoms with Gasteiger partial charge in [-0.05, 0) is 36.5 Å². The van der Waals surface area contributed by atoms with Crippen LogP contribution in [0.5, 0.6) is 0 Å². The highest BCUT2D eigenvalue weighted by atomic mass is 16.5. The fourth-order valence-electron chi connectivity index (χ4n) is 4.77. The van der Waals surface area contributed by atoms with Crippen molar-refractivity contribution in [1.82, 2.24) is 26.2 Å². The Kier molecular flexibility index (Phi) is 20.0. The van der Waals surface area contributed by atoms with Gasteiger partial charge in [0.05, 0.1) is 32.3 Å². The first-order valence-corrected chi connectivity index (χ1v) is 17.8. The molecule has 0 aliphatic carbocycles. The number of benzene rings is 1. The maximum atomic E-state index is 13.4. The molecule has 7 N–H and O–H groups in total. The number of primary amides is 1. The van der Waals surface area contributed by atoms with Gasteiger partial charge in [0.15, 0.2) is 0 Å². The zero-order chi connectivity index (χ0) is 40.0. The van der Waals surface area contributed by atoms with Crippen molar-refractivity contribution >= 4 is 53.1 Å². The van der Waals surface area contributed by atoms with Gasteiger partial charge >= 0.3 is 12.0 Å². The number of ether oxygens (including phenoxy) is 3. The van der Waals surface area contributed by atoms with E-state index in [-0.39, 0.29) is 95.6 Å². The first-order valence-electron chi connectivity index (χ1n) is 17.8. The van der Waals surface area contributed by atoms with Crippen molar-refractivity contribution in [3.63, 3.8) is 0 Å². The lowest BCUT2D eigenvalue weighted by Gasteiger charge is -2.25. The van der Waals surface area contributed by atoms with Crippen molar-refractivity contribution in [2.45, 2.75) is 72.1 Å². The summed E-state index contributed by atoms with van der Waals surface area (Å²) in [6, 6.07) is 3.98. The van der Waals surface area contributed by atoms with E-state index in [0.717, 1.165) is 22.6 Å². The summed E-state index contributed by atoms with van der Waals surface area (Å²) in [5.74, 6) is -3.66. The van der Waals surface area contributed by atoms with Gasteiger partial charge in [0.25, 0.3) is 11.8 Å². The molecule has 0 saturated carbocycles. The van der Waals surface area contributed by atoms with Crippen molar-refractivity contribution in [1.29, 1.82) is 0 Å². The number of rotatable bonds is 25. The second kappa shape index (κ2) is 24.1. The maximum absolute atomic E-state index is 13.4. The number of anilines is 1. The monoisotopic (exact) mass is 759 g/mol. The van der Waals surface area contributed by atoms with Crippen molar-refractivity contribution in [2.75, 3.05) is 51.4 Å². The van der Waals surface area contributed by atoms with E-state index in [4.69, 9.17) is 19.9 Å². The predicted molar refractivity (Wildman–Crippen MR) is 195 cm³/mol. The number of esters is 1. The fraction of sp³-hybridized carbons (Fsp3) is 0.556. The van der Waals surface area contributed by atoms with Crippen LogP contribution in [0.15, 0.2) is 36.4 Å². The van der Waals surface area contributed by atoms with Gasteiger partial charge in [-0.1, -0.05) is 39.8 Å². The lowest BCUT2D eigenvalue weighted by molar-refractivity contribution is -0.148. The largest absolute Gasteiger partial charge is 0.461 e. The number of hydrogen-bond acceptors (Lipinski definition) is 11. The lowest BCUT2D eigenvalue weighted by Crippen LogP contribution is -2.54. The summed E-state index contributed by atoms with van der Waals surface area (Å²) in [5, 5.41) is 13.3. The van der Waals surface area contributed by atoms with E-state index in [2.05, 4.69) is 26.6 Å². The Morgan fingerprint density at radius 2 is 1.41 bits per heavy atom. The topological polar surface area (TPSA) is 254 Å². The van der Waals surface area contributed by atoms with Gasteiger partial charge in [0.1, 0.15) is 18.7 Å². The summed E-state index contributed by atoms with van der Waals surface area (Å²) in [5.41, 5.74) is 6.31. The summed E-state index contributed by atoms with van der Waals surface area (Å²) < 4.78 is 16.1. The summed E-state index contributed by atoms with van der Waals surface area (Å²) in [6.45, 7) is 8.08. The van der Waals surface area contributed by atoms with Crippen LogP contribution in [0.1, 0.15) is 58.9 Å². The molecule has 298 valence electrons. The van der Waals surface area contributed by atoms with Crippen LogP contribution in [0.4, 0.5) is 10.5 Å². The highest BCUT2D eigenvalue weighted by Crippen LogP contribution is 2.13. The minimum absolute atomic E-state index is 0.00525. The van der Waals surface area contributed by atoms with Crippen molar-refractivity contribution < 1.29 is 52.6 Å². The minimum Gasteiger partial charge on any atom is -0.461 e. The van der Waals surface area contributed by atoms with Crippen LogP contribution in [0.25, 0.3) is 0 Å². The molecule has 0 radical (unpaired) electrons. The Hall–Kier alpha value is -5.36. The van der Waals surface area contributed by atoms with E-state index < -0.39 is 47.7 Å². The number of urea groups is 1. The van der Waals surface area contributed by atoms with Gasteiger partial charge in [-0.25, -0.2) is 4.79 Å². The minimum atomic E-state index is -1.02. The summed E-state index contributed by atoms with van der Waals surface area (Å²) in [4.78, 5) is 98.2. The number of nitrogens with zero attached hydrogens (tertiary/aromatic N) is 1. The SMILES string of the molecule is CC(C)C(=O)OCc1ccc(NC(=O)[C@H](CCCNC(N)=O)NC(=O)[C@@H](NC(=O)CCOCCOCCNC(=O)CCN2C(=O)C=CC2=O)C(C)C)cc1. The number of nitrogens with one attached hydrogen (secondary N) is 5. The van der Waals surface area contributed by atoms with Crippen LogP contribution < -0.4 is 32.3 Å². The summed E-state index contributed by atoms with van der Waals surface area (Å²) in [6.07, 6.45) is 2.72. The van der Waals surface area contributed by atoms with Gasteiger partial charge < -0.3 is 46.5 Å². The third kappa shape index (κ3) is 17.4. The Labute approximate surface area is 314 Å². The standard InChI is InChI=1S/C36H53N7O11/c1-23(2)32(42-29(45)14-18-52-20-21-53-19-16-38-28(44)13-17-43-30(46)11-12-31(43)47)34(49)41-27(6-5-15-39-36(37)51)33(48)40-26-9-7-25(8-10-26)22-54-35(50)24(3)4/h7-12,23-24,27,32H,5-6,13-22H2,1-4H3,(H,38,44)(H,40,48)(H,41,49)(H,42,45)(H3,37,39,51)/t27-,32-/m0/s1. The molecule has 1 aliphatic heterocycles. The summed E-state index contributed by atoms with van der Waals surface area (Å²) >= 11 is 0. The average Bonchev–Trinajstić information content (AvgIpc) is 3.44. The van der Waals surface area contributed by atoms with Crippen molar-refractivity contribution in [3.8, 4) is 0 Å². The summed E-state index contributed by atoms with van der Waals surface area (Å²) in [7, 11) is 0. The molecule has 0 fully saturated rings. The molecule has 2 rings (SSSR count). The molecule has 18 nitrogen and oxygen atoms in total. The first kappa shape index (κ1) is 44.8. The molecule has 0 aromatic heterocycles. The molecule has 1 aliphatic rings. The van der Waals surface area contributed by atoms with Gasteiger partial charge in [-0.2, -0.15) is 0 Å². The molecule has 0 spiro atoms. The second-order valence-electron chi connectivity index (χ2n) is 13.0. The molecule has 0 saturated heterocycles. The number of carbonyl (C=O) groups is 8. The van der Waals surface area contributed by atoms with Crippen molar-refractivity contribution in [2.24, 2.45) is 17.6 Å². The van der Waals surface area contributed by atoms with Gasteiger partial charge in [0, 0.05) is 50.3 Å². The van der Waals surface area contributed by atoms with Crippen LogP contribution in [0.3, 0.4) is 0 Å². The molecule has 0 unspecified atom stereocenters. The second-order valence-corrected chi connectivity index (χ2v) is 13.0. The zero-order valence-electron chi connectivity index (χ0n) is 31.3. The van der Waals surface area contributed by atoms with Crippen LogP contribution in [-0.2, 0) is 54.4 Å². The molecule has 18 heteroatoms. The Morgan fingerprint density at radius 1 is 0.759 bits per heavy atom. The molecule has 8 amide bonds. The average molecular weight is 760 g/mol. The number of imide groups is 1. The quantitative estimate of drug-likeness (QED) is 0.0448. The number of nitrogens with two attached hydrogens (primary N) is 1. The van der Waals surface area contributed by atoms with E-state index in [1.807, 2.05) is 0 Å². The molecule has 0 bridgehead atoms. The van der Waals surface area contributed by atoms with E-state index in [1.165, 1.54) is 0 Å². The number of carbonyl (C=O) groups excluding carboxylic acids is 8. The predicted octanol–water partition coefficient (Wildman–Crippen LogP) is 0.253. The van der Waals surface area contributed by atoms with E-state index in [0.29, 0.717) is 12.1 Å². The van der Waals surface area contributed by atoms with Crippen LogP contribution in [0.2, 0.25) is 0 Å². The van der Waals surface area contributed by atoms with E-state index in [1.54, 1.807) is 52.0 Å². The molecule has 1 aromatic carbocycles. The normalized spacial score (nSPS) is 13.4.